The molecule has 13 heavy (non-hydrogen) atoms. The number of fused-ring (bicyclic) bond motifs is 1. The number of nitrogens with two attached hydrogens (primary N) is 1. The molecule has 5 nitrogen and oxygen atoms in total. The largest absolute Gasteiger partial charge is 0.382 e. The van der Waals surface area contributed by atoms with Crippen LogP contribution in [-0.2, 0) is 13.1 Å². The molecular weight excluding hydrogens is 168 g/mol. The van der Waals surface area contributed by atoms with Crippen LogP contribution in [0.15, 0.2) is 4.79 Å². The van der Waals surface area contributed by atoms with Crippen LogP contribution in [0.4, 0.5) is 11.5 Å². The second-order valence-electron chi connectivity index (χ2n) is 3.27. The van der Waals surface area contributed by atoms with Crippen LogP contribution in [0.5, 0.6) is 0 Å². The Hall–Kier alpha value is -1.39. The van der Waals surface area contributed by atoms with Crippen molar-refractivity contribution in [2.75, 3.05) is 18.1 Å². The minimum atomic E-state index is -0.000278. The molecule has 2 heterocycles. The van der Waals surface area contributed by atoms with Crippen LogP contribution >= 0.6 is 0 Å². The summed E-state index contributed by atoms with van der Waals surface area (Å²) in [6.45, 7) is 1.63. The van der Waals surface area contributed by atoms with Crippen molar-refractivity contribution in [3.63, 3.8) is 0 Å². The molecule has 2 rings (SSSR count). The number of nitrogen functional groups attached to an aromatic ring is 1. The first-order valence-corrected chi connectivity index (χ1v) is 4.52. The number of nitrogens with zero attached hydrogens (tertiary/aromatic N) is 2. The van der Waals surface area contributed by atoms with Crippen molar-refractivity contribution in [2.24, 2.45) is 0 Å². The molecule has 0 atom stereocenters. The van der Waals surface area contributed by atoms with Crippen LogP contribution in [0.25, 0.3) is 0 Å². The van der Waals surface area contributed by atoms with Gasteiger partial charge in [0.1, 0.15) is 11.5 Å². The lowest BCUT2D eigenvalue weighted by Crippen LogP contribution is -2.27. The van der Waals surface area contributed by atoms with E-state index in [9.17, 15) is 4.79 Å². The van der Waals surface area contributed by atoms with Gasteiger partial charge in [-0.25, -0.2) is 4.68 Å². The summed E-state index contributed by atoms with van der Waals surface area (Å²) in [4.78, 5) is 11.7. The smallest absolute Gasteiger partial charge is 0.292 e. The predicted molar refractivity (Wildman–Crippen MR) is 51.9 cm³/mol. The van der Waals surface area contributed by atoms with Crippen molar-refractivity contribution < 1.29 is 0 Å². The summed E-state index contributed by atoms with van der Waals surface area (Å²) in [5, 5.41) is 2.84. The molecule has 5 heteroatoms. The van der Waals surface area contributed by atoms with Crippen molar-refractivity contribution in [3.8, 4) is 0 Å². The molecule has 0 saturated heterocycles. The van der Waals surface area contributed by atoms with E-state index in [0.29, 0.717) is 11.5 Å². The molecule has 1 aromatic rings. The molecule has 0 saturated carbocycles. The van der Waals surface area contributed by atoms with Crippen LogP contribution in [-0.4, -0.2) is 16.4 Å². The molecule has 0 bridgehead atoms. The van der Waals surface area contributed by atoms with Gasteiger partial charge < -0.3 is 11.1 Å². The van der Waals surface area contributed by atoms with Gasteiger partial charge >= 0.3 is 0 Å². The zero-order valence-corrected chi connectivity index (χ0v) is 7.71. The lowest BCUT2D eigenvalue weighted by molar-refractivity contribution is 0.360. The fourth-order valence-electron chi connectivity index (χ4n) is 1.83. The van der Waals surface area contributed by atoms with Crippen LogP contribution < -0.4 is 16.6 Å². The van der Waals surface area contributed by atoms with E-state index >= 15 is 0 Å². The quantitative estimate of drug-likeness (QED) is 0.646. The van der Waals surface area contributed by atoms with Crippen molar-refractivity contribution in [2.45, 2.75) is 25.9 Å². The Bertz CT molecular complexity index is 376. The number of rotatable bonds is 1. The molecular formula is C8H14N4O. The second kappa shape index (κ2) is 2.83. The molecule has 0 aromatic carbocycles. The van der Waals surface area contributed by atoms with Crippen molar-refractivity contribution in [1.82, 2.24) is 9.36 Å². The zero-order chi connectivity index (χ0) is 9.42. The van der Waals surface area contributed by atoms with Crippen LogP contribution in [0.3, 0.4) is 0 Å². The van der Waals surface area contributed by atoms with Gasteiger partial charge in [0.05, 0.1) is 0 Å². The van der Waals surface area contributed by atoms with Gasteiger partial charge in [0.15, 0.2) is 0 Å². The van der Waals surface area contributed by atoms with Crippen LogP contribution in [0.1, 0.15) is 12.8 Å². The van der Waals surface area contributed by atoms with Crippen molar-refractivity contribution in [3.05, 3.63) is 10.4 Å². The van der Waals surface area contributed by atoms with Crippen LogP contribution in [0.2, 0.25) is 0 Å². The second-order valence-corrected chi connectivity index (χ2v) is 3.27. The third-order valence-electron chi connectivity index (χ3n) is 2.51. The maximum Gasteiger partial charge on any atom is 0.292 e. The maximum atomic E-state index is 11.7. The van der Waals surface area contributed by atoms with E-state index < -0.39 is 0 Å². The van der Waals surface area contributed by atoms with Gasteiger partial charge in [-0.3, -0.25) is 9.48 Å². The predicted octanol–water partition coefficient (Wildman–Crippen LogP) is 0.0675. The van der Waals surface area contributed by atoms with E-state index in [1.165, 1.54) is 0 Å². The molecule has 0 aliphatic carbocycles. The first kappa shape index (κ1) is 8.22. The van der Waals surface area contributed by atoms with Crippen LogP contribution in [0, 0.1) is 0 Å². The SMILES string of the molecule is CNc1c(N)n2n(c1=O)CCCC2. The first-order valence-electron chi connectivity index (χ1n) is 4.52. The first-order chi connectivity index (χ1) is 6.25. The Morgan fingerprint density at radius 3 is 2.46 bits per heavy atom. The lowest BCUT2D eigenvalue weighted by Gasteiger charge is -2.17. The monoisotopic (exact) mass is 182 g/mol. The standard InChI is InChI=1S/C8H14N4O/c1-10-6-7(9)11-4-2-3-5-12(11)8(6)13/h10H,2-5,9H2,1H3. The molecule has 0 unspecified atom stereocenters. The van der Waals surface area contributed by atoms with E-state index in [0.717, 1.165) is 25.9 Å². The molecule has 1 aliphatic heterocycles. The lowest BCUT2D eigenvalue weighted by atomic mass is 10.3. The van der Waals surface area contributed by atoms with Crippen molar-refractivity contribution >= 4 is 11.5 Å². The Labute approximate surface area is 76.1 Å². The number of anilines is 2. The molecule has 1 aromatic heterocycles. The third-order valence-corrected chi connectivity index (χ3v) is 2.51. The van der Waals surface area contributed by atoms with Gasteiger partial charge in [0.2, 0.25) is 0 Å². The molecule has 3 N–H and O–H groups in total. The highest BCUT2D eigenvalue weighted by atomic mass is 16.1. The van der Waals surface area contributed by atoms with Gasteiger partial charge in [-0.05, 0) is 12.8 Å². The Morgan fingerprint density at radius 2 is 1.92 bits per heavy atom. The van der Waals surface area contributed by atoms with Gasteiger partial charge in [-0.15, -0.1) is 0 Å². The van der Waals surface area contributed by atoms with Gasteiger partial charge in [0.25, 0.3) is 5.56 Å². The van der Waals surface area contributed by atoms with Gasteiger partial charge in [0, 0.05) is 20.1 Å². The summed E-state index contributed by atoms with van der Waals surface area (Å²) in [5.74, 6) is 0.562. The Morgan fingerprint density at radius 1 is 1.31 bits per heavy atom. The topological polar surface area (TPSA) is 65.0 Å². The summed E-state index contributed by atoms with van der Waals surface area (Å²) >= 11 is 0. The highest BCUT2D eigenvalue weighted by molar-refractivity contribution is 5.60. The average molecular weight is 182 g/mol. The summed E-state index contributed by atoms with van der Waals surface area (Å²) in [7, 11) is 1.72. The minimum Gasteiger partial charge on any atom is -0.382 e. The van der Waals surface area contributed by atoms with E-state index in [-0.39, 0.29) is 5.56 Å². The van der Waals surface area contributed by atoms with E-state index in [1.54, 1.807) is 11.7 Å². The fourth-order valence-corrected chi connectivity index (χ4v) is 1.83. The molecule has 0 fully saturated rings. The average Bonchev–Trinajstić information content (AvgIpc) is 2.41. The fraction of sp³-hybridized carbons (Fsp3) is 0.625. The number of nitrogens with one attached hydrogen (secondary N) is 1. The van der Waals surface area contributed by atoms with Gasteiger partial charge in [-0.2, -0.15) is 0 Å². The van der Waals surface area contributed by atoms with E-state index in [1.807, 2.05) is 4.68 Å². The molecule has 1 aliphatic rings. The number of hydrogen-bond acceptors (Lipinski definition) is 3. The minimum absolute atomic E-state index is 0.000278. The molecule has 72 valence electrons. The summed E-state index contributed by atoms with van der Waals surface area (Å²) in [5.41, 5.74) is 6.34. The Kier molecular flexibility index (Phi) is 1.79. The summed E-state index contributed by atoms with van der Waals surface area (Å²) < 4.78 is 3.57. The summed E-state index contributed by atoms with van der Waals surface area (Å²) in [6.07, 6.45) is 2.16. The number of aromatic nitrogens is 2. The highest BCUT2D eigenvalue weighted by Gasteiger charge is 2.18. The highest BCUT2D eigenvalue weighted by Crippen LogP contribution is 2.18. The van der Waals surface area contributed by atoms with Crippen molar-refractivity contribution in [1.29, 1.82) is 0 Å². The summed E-state index contributed by atoms with van der Waals surface area (Å²) in [6, 6.07) is 0. The molecule has 0 amide bonds. The molecule has 0 spiro atoms. The third kappa shape index (κ3) is 1.03. The Balaban J connectivity index is 2.63. The number of hydrogen-bond donors (Lipinski definition) is 2. The maximum absolute atomic E-state index is 11.7. The van der Waals surface area contributed by atoms with E-state index in [4.69, 9.17) is 5.73 Å². The van der Waals surface area contributed by atoms with E-state index in [2.05, 4.69) is 5.32 Å². The molecule has 0 radical (unpaired) electrons. The normalized spacial score (nSPS) is 15.5. The zero-order valence-electron chi connectivity index (χ0n) is 7.71. The van der Waals surface area contributed by atoms with Gasteiger partial charge in [-0.1, -0.05) is 0 Å².